The zero-order chi connectivity index (χ0) is 36.3. The van der Waals surface area contributed by atoms with Crippen LogP contribution in [0.1, 0.15) is 41.0 Å². The first-order valence-electron chi connectivity index (χ1n) is 14.5. The van der Waals surface area contributed by atoms with Crippen LogP contribution in [0.5, 0.6) is 0 Å². The Labute approximate surface area is 271 Å². The van der Waals surface area contributed by atoms with Gasteiger partial charge in [0, 0.05) is 41.2 Å². The number of nitrogens with one attached hydrogen (secondary N) is 2. The molecule has 2 heterocycles. The second-order valence-corrected chi connectivity index (χ2v) is 10.6. The molecule has 0 aromatic rings. The Hall–Kier alpha value is -3.63. The van der Waals surface area contributed by atoms with Crippen molar-refractivity contribution in [2.75, 3.05) is 26.4 Å². The third-order valence-electron chi connectivity index (χ3n) is 6.61. The normalized spacial score (nSPS) is 30.4. The van der Waals surface area contributed by atoms with Crippen LogP contribution in [0.3, 0.4) is 0 Å². The number of carbonyl (C=O) groups is 6. The van der Waals surface area contributed by atoms with Crippen molar-refractivity contribution in [3.05, 3.63) is 0 Å². The molecule has 4 N–H and O–H groups in total. The van der Waals surface area contributed by atoms with E-state index in [0.29, 0.717) is 0 Å². The Kier molecular flexibility index (Phi) is 15.4. The summed E-state index contributed by atoms with van der Waals surface area (Å²) < 4.78 is 81.5. The van der Waals surface area contributed by atoms with Crippen molar-refractivity contribution in [1.82, 2.24) is 10.6 Å². The van der Waals surface area contributed by atoms with Gasteiger partial charge in [-0.1, -0.05) is 0 Å². The fourth-order valence-electron chi connectivity index (χ4n) is 4.79. The second kappa shape index (κ2) is 18.2. The molecule has 0 aliphatic carbocycles. The lowest BCUT2D eigenvalue weighted by Crippen LogP contribution is -2.69. The highest BCUT2D eigenvalue weighted by Crippen LogP contribution is 2.33. The maximum absolute atomic E-state index is 12.5. The Morgan fingerprint density at radius 1 is 0.771 bits per heavy atom. The number of aliphatic hydroxyl groups is 2. The summed E-state index contributed by atoms with van der Waals surface area (Å²) >= 11 is 0. The van der Waals surface area contributed by atoms with Crippen LogP contribution in [0, 0.1) is 0 Å². The zero-order valence-corrected chi connectivity index (χ0v) is 26.6. The molecule has 0 bridgehead atoms. The molecule has 0 aromatic heterocycles. The third-order valence-corrected chi connectivity index (χ3v) is 6.61. The Balaban J connectivity index is 2.46. The summed E-state index contributed by atoms with van der Waals surface area (Å²) in [7, 11) is 0. The van der Waals surface area contributed by atoms with E-state index in [4.69, 9.17) is 37.9 Å². The van der Waals surface area contributed by atoms with Crippen LogP contribution in [0.15, 0.2) is 0 Å². The molecule has 2 fully saturated rings. The number of rotatable bonds is 14. The summed E-state index contributed by atoms with van der Waals surface area (Å²) in [4.78, 5) is 71.2. The van der Waals surface area contributed by atoms with E-state index in [1.807, 2.05) is 0 Å². The number of aliphatic hydroxyl groups excluding tert-OH is 2. The molecule has 0 saturated carbocycles. The van der Waals surface area contributed by atoms with Crippen LogP contribution in [-0.4, -0.2) is 140 Å². The molecule has 2 aliphatic heterocycles. The molecule has 2 saturated heterocycles. The van der Waals surface area contributed by atoms with Crippen molar-refractivity contribution in [3.8, 4) is 0 Å². The first kappa shape index (κ1) is 40.5. The molecule has 48 heavy (non-hydrogen) atoms. The van der Waals surface area contributed by atoms with Gasteiger partial charge in [0.05, 0.1) is 13.2 Å². The predicted molar refractivity (Wildman–Crippen MR) is 146 cm³/mol. The maximum atomic E-state index is 12.5. The molecule has 21 heteroatoms. The van der Waals surface area contributed by atoms with Crippen LogP contribution in [0.2, 0.25) is 0 Å². The summed E-state index contributed by atoms with van der Waals surface area (Å²) in [6.45, 7) is 2.89. The van der Waals surface area contributed by atoms with Crippen molar-refractivity contribution < 1.29 is 90.0 Å². The smallest absolute Gasteiger partial charge is 0.463 e. The topological polar surface area (TPSA) is 241 Å². The van der Waals surface area contributed by atoms with Crippen molar-refractivity contribution >= 4 is 35.7 Å². The highest BCUT2D eigenvalue weighted by Gasteiger charge is 2.56. The van der Waals surface area contributed by atoms with Crippen LogP contribution >= 0.6 is 0 Å². The summed E-state index contributed by atoms with van der Waals surface area (Å²) in [5, 5.41) is 25.2. The van der Waals surface area contributed by atoms with Gasteiger partial charge in [0.2, 0.25) is 5.91 Å². The Morgan fingerprint density at radius 3 is 1.85 bits per heavy atom. The molecule has 2 rings (SSSR count). The molecule has 2 aliphatic rings. The maximum Gasteiger partial charge on any atom is 0.471 e. The average molecular weight is 705 g/mol. The molecule has 18 nitrogen and oxygen atoms in total. The van der Waals surface area contributed by atoms with Crippen molar-refractivity contribution in [1.29, 1.82) is 0 Å². The minimum atomic E-state index is -5.10. The number of hydrogen-bond acceptors (Lipinski definition) is 16. The summed E-state index contributed by atoms with van der Waals surface area (Å²) in [5.41, 5.74) is 0. The quantitative estimate of drug-likeness (QED) is 0.0879. The minimum absolute atomic E-state index is 0.175. The average Bonchev–Trinajstić information content (AvgIpc) is 2.95. The van der Waals surface area contributed by atoms with E-state index < -0.39 is 123 Å². The molecule has 0 radical (unpaired) electrons. The summed E-state index contributed by atoms with van der Waals surface area (Å²) in [5.74, 6) is -6.42. The highest BCUT2D eigenvalue weighted by atomic mass is 19.4. The van der Waals surface area contributed by atoms with E-state index in [1.165, 1.54) is 0 Å². The van der Waals surface area contributed by atoms with Gasteiger partial charge in [0.15, 0.2) is 30.9 Å². The first-order chi connectivity index (χ1) is 22.3. The van der Waals surface area contributed by atoms with E-state index in [1.54, 1.807) is 5.32 Å². The molecule has 2 amide bonds. The molecule has 0 spiro atoms. The van der Waals surface area contributed by atoms with Gasteiger partial charge >= 0.3 is 36.0 Å². The highest BCUT2D eigenvalue weighted by molar-refractivity contribution is 5.81. The molecular weight excluding hydrogens is 665 g/mol. The van der Waals surface area contributed by atoms with Crippen molar-refractivity contribution in [2.45, 2.75) is 109 Å². The fraction of sp³-hybridized carbons (Fsp3) is 0.778. The fourth-order valence-corrected chi connectivity index (χ4v) is 4.79. The standard InChI is InChI=1S/C27H39F3N2O16/c1-11(34)32-18-21(19(39)16(9-33)46-24(18)41-8-6-7-31-26(40)27(28,29)30)48-25-23(45-15(5)38)22(44-14(4)37)20(43-13(3)36)17(47-25)10-42-12(2)35/h16-25,33,39H,6-10H2,1-5H3,(H,31,40)(H,32,34)/t16-,17-,18-,19+,20+,21-,22+,23-,24+,25+/m1/s1. The van der Waals surface area contributed by atoms with Crippen molar-refractivity contribution in [2.24, 2.45) is 0 Å². The van der Waals surface area contributed by atoms with Crippen LogP contribution in [-0.2, 0) is 66.7 Å². The number of halogens is 3. The Bertz CT molecular complexity index is 1160. The SMILES string of the molecule is CC(=O)N[C@H]1[C@@H](OCCCNC(=O)C(F)(F)F)O[C@H](CO)[C@H](O)[C@@H]1O[C@@H]1O[C@H](COC(C)=O)[C@H](OC(C)=O)[C@H](OC(C)=O)[C@H]1OC(C)=O. The largest absolute Gasteiger partial charge is 0.471 e. The minimum Gasteiger partial charge on any atom is -0.463 e. The lowest BCUT2D eigenvalue weighted by molar-refractivity contribution is -0.346. The Morgan fingerprint density at radius 2 is 1.33 bits per heavy atom. The number of carbonyl (C=O) groups excluding carboxylic acids is 6. The van der Waals surface area contributed by atoms with E-state index in [0.717, 1.165) is 34.6 Å². The third kappa shape index (κ3) is 12.1. The lowest BCUT2D eigenvalue weighted by Gasteiger charge is -2.48. The van der Waals surface area contributed by atoms with Gasteiger partial charge < -0.3 is 58.7 Å². The summed E-state index contributed by atoms with van der Waals surface area (Å²) in [6.07, 6.45) is -19.8. The van der Waals surface area contributed by atoms with E-state index in [2.05, 4.69) is 5.32 Å². The van der Waals surface area contributed by atoms with Gasteiger partial charge in [-0.25, -0.2) is 0 Å². The van der Waals surface area contributed by atoms with Gasteiger partial charge in [-0.05, 0) is 6.42 Å². The van der Waals surface area contributed by atoms with Gasteiger partial charge in [-0.15, -0.1) is 0 Å². The first-order valence-corrected chi connectivity index (χ1v) is 14.5. The number of ether oxygens (including phenoxy) is 8. The van der Waals surface area contributed by atoms with Gasteiger partial charge in [0.25, 0.3) is 0 Å². The van der Waals surface area contributed by atoms with Gasteiger partial charge in [-0.3, -0.25) is 28.8 Å². The molecule has 0 aromatic carbocycles. The predicted octanol–water partition coefficient (Wildman–Crippen LogP) is -1.88. The number of hydrogen-bond donors (Lipinski definition) is 4. The van der Waals surface area contributed by atoms with Crippen molar-refractivity contribution in [3.63, 3.8) is 0 Å². The van der Waals surface area contributed by atoms with Crippen LogP contribution in [0.4, 0.5) is 13.2 Å². The molecular formula is C27H39F3N2O16. The monoisotopic (exact) mass is 704 g/mol. The van der Waals surface area contributed by atoms with Crippen LogP contribution in [0.25, 0.3) is 0 Å². The number of esters is 4. The van der Waals surface area contributed by atoms with Gasteiger partial charge in [0.1, 0.15) is 37.1 Å². The van der Waals surface area contributed by atoms with Crippen LogP contribution < -0.4 is 10.6 Å². The number of alkyl halides is 3. The lowest BCUT2D eigenvalue weighted by atomic mass is 9.95. The van der Waals surface area contributed by atoms with E-state index in [-0.39, 0.29) is 13.0 Å². The number of amides is 2. The summed E-state index contributed by atoms with van der Waals surface area (Å²) in [6, 6.07) is -1.45. The molecule has 274 valence electrons. The second-order valence-electron chi connectivity index (χ2n) is 10.6. The van der Waals surface area contributed by atoms with E-state index in [9.17, 15) is 52.2 Å². The van der Waals surface area contributed by atoms with E-state index >= 15 is 0 Å². The molecule has 10 atom stereocenters. The van der Waals surface area contributed by atoms with Gasteiger partial charge in [-0.2, -0.15) is 13.2 Å². The molecule has 0 unspecified atom stereocenters. The zero-order valence-electron chi connectivity index (χ0n) is 26.6.